The molecule has 0 saturated heterocycles. The van der Waals surface area contributed by atoms with Crippen LogP contribution < -0.4 is 4.46 Å². The number of benzene rings is 1. The van der Waals surface area contributed by atoms with Crippen molar-refractivity contribution < 1.29 is 0 Å². The summed E-state index contributed by atoms with van der Waals surface area (Å²) in [5.41, 5.74) is 0. The minimum absolute atomic E-state index is 0.473. The van der Waals surface area contributed by atoms with Gasteiger partial charge >= 0.3 is 67.7 Å². The van der Waals surface area contributed by atoms with E-state index in [1.165, 1.54) is 8.93 Å². The normalized spacial score (nSPS) is 9.30. The van der Waals surface area contributed by atoms with Crippen LogP contribution in [0.15, 0.2) is 41.4 Å². The van der Waals surface area contributed by atoms with E-state index in [1.54, 1.807) is 0 Å². The van der Waals surface area contributed by atoms with Crippen LogP contribution in [-0.4, -0.2) is 15.0 Å². The Bertz CT molecular complexity index is 213. The van der Waals surface area contributed by atoms with Crippen molar-refractivity contribution in [3.8, 4) is 0 Å². The number of hydrogen-bond donors (Lipinski definition) is 0. The molecule has 0 unspecified atom stereocenters. The molecule has 0 radical (unpaired) electrons. The van der Waals surface area contributed by atoms with Gasteiger partial charge in [0.1, 0.15) is 0 Å². The molecule has 1 rings (SSSR count). The molecule has 0 fully saturated rings. The van der Waals surface area contributed by atoms with Crippen molar-refractivity contribution >= 4 is 19.4 Å². The Hall–Kier alpha value is -0.521. The van der Waals surface area contributed by atoms with Crippen molar-refractivity contribution in [2.45, 2.75) is 6.92 Å². The molecule has 1 aromatic rings. The molecule has 0 amide bonds. The van der Waals surface area contributed by atoms with Crippen LogP contribution in [0, 0.1) is 0 Å². The van der Waals surface area contributed by atoms with Crippen LogP contribution in [0.3, 0.4) is 0 Å². The van der Waals surface area contributed by atoms with E-state index in [1.807, 2.05) is 6.07 Å². The third-order valence-electron chi connectivity index (χ3n) is 1.04. The van der Waals surface area contributed by atoms with Gasteiger partial charge in [-0.1, -0.05) is 0 Å². The summed E-state index contributed by atoms with van der Waals surface area (Å²) in [5.74, 6) is 0. The molecule has 0 heterocycles. The van der Waals surface area contributed by atoms with Gasteiger partial charge in [-0.15, -0.1) is 0 Å². The van der Waals surface area contributed by atoms with Gasteiger partial charge in [-0.05, 0) is 0 Å². The van der Waals surface area contributed by atoms with Crippen LogP contribution in [0.1, 0.15) is 6.92 Å². The molecule has 0 aliphatic heterocycles. The van der Waals surface area contributed by atoms with Crippen LogP contribution in [0.2, 0.25) is 0 Å². The van der Waals surface area contributed by atoms with E-state index in [-0.39, 0.29) is 0 Å². The summed E-state index contributed by atoms with van der Waals surface area (Å²) in [5, 5.41) is 0. The first-order valence-corrected chi connectivity index (χ1v) is 4.89. The zero-order valence-corrected chi connectivity index (χ0v) is 7.72. The molecule has 0 bridgehead atoms. The summed E-state index contributed by atoms with van der Waals surface area (Å²) in [6.07, 6.45) is 0. The Kier molecular flexibility index (Phi) is 2.73. The van der Waals surface area contributed by atoms with Gasteiger partial charge in [0.2, 0.25) is 0 Å². The number of hydrogen-bond acceptors (Lipinski definition) is 0. The minimum atomic E-state index is 0.473. The maximum atomic E-state index is 3.88. The Morgan fingerprint density at radius 1 is 1.30 bits per heavy atom. The fraction of sp³-hybridized carbons (Fsp3) is 0.111. The van der Waals surface area contributed by atoms with Crippen molar-refractivity contribution in [2.24, 2.45) is 0 Å². The van der Waals surface area contributed by atoms with Gasteiger partial charge in [-0.25, -0.2) is 0 Å². The van der Waals surface area contributed by atoms with E-state index in [0.717, 1.165) is 0 Å². The standard InChI is InChI=1S/C9H10Se/c1-8(2)10-9-6-4-3-5-7-9/h3-7H,1H2,2H3. The molecule has 0 N–H and O–H groups in total. The second kappa shape index (κ2) is 3.60. The first-order valence-electron chi connectivity index (χ1n) is 3.17. The third kappa shape index (κ3) is 2.38. The predicted octanol–water partition coefficient (Wildman–Crippen LogP) is 1.55. The van der Waals surface area contributed by atoms with Gasteiger partial charge in [0, 0.05) is 0 Å². The molecular weight excluding hydrogens is 187 g/mol. The van der Waals surface area contributed by atoms with Crippen LogP contribution >= 0.6 is 0 Å². The SMILES string of the molecule is C=C(C)[Se]c1ccccc1. The molecule has 1 aromatic carbocycles. The quantitative estimate of drug-likeness (QED) is 0.631. The van der Waals surface area contributed by atoms with Crippen molar-refractivity contribution in [2.75, 3.05) is 0 Å². The summed E-state index contributed by atoms with van der Waals surface area (Å²) in [6.45, 7) is 5.95. The summed E-state index contributed by atoms with van der Waals surface area (Å²) in [7, 11) is 0. The summed E-state index contributed by atoms with van der Waals surface area (Å²) in [4.78, 5) is 0. The van der Waals surface area contributed by atoms with Crippen molar-refractivity contribution in [1.29, 1.82) is 0 Å². The fourth-order valence-corrected chi connectivity index (χ4v) is 2.15. The van der Waals surface area contributed by atoms with Crippen LogP contribution in [0.25, 0.3) is 0 Å². The molecule has 0 nitrogen and oxygen atoms in total. The molecule has 1 heteroatoms. The van der Waals surface area contributed by atoms with Crippen LogP contribution in [-0.2, 0) is 0 Å². The molecular formula is C9H10Se. The van der Waals surface area contributed by atoms with Gasteiger partial charge in [0.15, 0.2) is 0 Å². The Morgan fingerprint density at radius 3 is 2.40 bits per heavy atom. The second-order valence-corrected chi connectivity index (χ2v) is 5.00. The third-order valence-corrected chi connectivity index (χ3v) is 2.83. The van der Waals surface area contributed by atoms with E-state index in [2.05, 4.69) is 37.8 Å². The van der Waals surface area contributed by atoms with Gasteiger partial charge in [0.05, 0.1) is 0 Å². The van der Waals surface area contributed by atoms with Crippen molar-refractivity contribution in [3.63, 3.8) is 0 Å². The van der Waals surface area contributed by atoms with Crippen molar-refractivity contribution in [3.05, 3.63) is 41.4 Å². The van der Waals surface area contributed by atoms with Crippen LogP contribution in [0.5, 0.6) is 0 Å². The second-order valence-electron chi connectivity index (χ2n) is 2.12. The zero-order chi connectivity index (χ0) is 7.40. The van der Waals surface area contributed by atoms with E-state index in [9.17, 15) is 0 Å². The molecule has 0 atom stereocenters. The Morgan fingerprint density at radius 2 is 1.90 bits per heavy atom. The first-order chi connectivity index (χ1) is 4.79. The van der Waals surface area contributed by atoms with Crippen molar-refractivity contribution in [1.82, 2.24) is 0 Å². The van der Waals surface area contributed by atoms with Gasteiger partial charge in [0.25, 0.3) is 0 Å². The van der Waals surface area contributed by atoms with E-state index in [0.29, 0.717) is 15.0 Å². The Labute approximate surface area is 68.1 Å². The maximum absolute atomic E-state index is 3.88. The molecule has 0 aliphatic rings. The topological polar surface area (TPSA) is 0 Å². The molecule has 0 aliphatic carbocycles. The van der Waals surface area contributed by atoms with E-state index in [4.69, 9.17) is 0 Å². The van der Waals surface area contributed by atoms with Crippen LogP contribution in [0.4, 0.5) is 0 Å². The number of allylic oxidation sites excluding steroid dienone is 1. The average Bonchev–Trinajstić information content (AvgIpc) is 1.88. The fourth-order valence-electron chi connectivity index (χ4n) is 0.690. The molecule has 0 spiro atoms. The summed E-state index contributed by atoms with van der Waals surface area (Å²) >= 11 is 0.473. The predicted molar refractivity (Wildman–Crippen MR) is 46.6 cm³/mol. The average molecular weight is 197 g/mol. The monoisotopic (exact) mass is 198 g/mol. The summed E-state index contributed by atoms with van der Waals surface area (Å²) < 4.78 is 2.68. The molecule has 0 saturated carbocycles. The number of rotatable bonds is 2. The first kappa shape index (κ1) is 7.58. The van der Waals surface area contributed by atoms with E-state index < -0.39 is 0 Å². The zero-order valence-electron chi connectivity index (χ0n) is 6.00. The van der Waals surface area contributed by atoms with Gasteiger partial charge in [-0.3, -0.25) is 0 Å². The Balaban J connectivity index is 2.67. The molecule has 10 heavy (non-hydrogen) atoms. The molecule has 52 valence electrons. The van der Waals surface area contributed by atoms with E-state index >= 15 is 0 Å². The molecule has 0 aromatic heterocycles. The van der Waals surface area contributed by atoms with Gasteiger partial charge < -0.3 is 0 Å². The van der Waals surface area contributed by atoms with Gasteiger partial charge in [-0.2, -0.15) is 0 Å². The summed E-state index contributed by atoms with van der Waals surface area (Å²) in [6, 6.07) is 10.5.